The van der Waals surface area contributed by atoms with Crippen molar-refractivity contribution in [3.63, 3.8) is 0 Å². The van der Waals surface area contributed by atoms with Gasteiger partial charge in [0.2, 0.25) is 0 Å². The molecule has 1 N–H and O–H groups in total. The molecule has 0 spiro atoms. The molecule has 2 heterocycles. The smallest absolute Gasteiger partial charge is 0.335 e. The first kappa shape index (κ1) is 14.1. The van der Waals surface area contributed by atoms with Gasteiger partial charge in [0, 0.05) is 5.56 Å². The van der Waals surface area contributed by atoms with Crippen molar-refractivity contribution in [3.05, 3.63) is 64.1 Å². The lowest BCUT2D eigenvalue weighted by Gasteiger charge is -2.02. The van der Waals surface area contributed by atoms with Gasteiger partial charge < -0.3 is 5.11 Å². The van der Waals surface area contributed by atoms with Crippen LogP contribution in [0.4, 0.5) is 0 Å². The lowest BCUT2D eigenvalue weighted by molar-refractivity contribution is 0.0696. The zero-order chi connectivity index (χ0) is 15.7. The standard InChI is InChI=1S/C16H10ClN3O2/c1-10-11(3-2-4-13(10)16(21)22)5-6-12-9-18-15-8-7-14(17)19-20(12)15/h2-4,7-9H,1H3,(H,21,22). The van der Waals surface area contributed by atoms with E-state index in [9.17, 15) is 4.79 Å². The van der Waals surface area contributed by atoms with E-state index >= 15 is 0 Å². The van der Waals surface area contributed by atoms with Gasteiger partial charge in [0.25, 0.3) is 0 Å². The minimum absolute atomic E-state index is 0.242. The van der Waals surface area contributed by atoms with Crippen molar-refractivity contribution < 1.29 is 9.90 Å². The van der Waals surface area contributed by atoms with Gasteiger partial charge in [0.15, 0.2) is 5.65 Å². The van der Waals surface area contributed by atoms with Crippen LogP contribution in [0.25, 0.3) is 5.65 Å². The average Bonchev–Trinajstić information content (AvgIpc) is 2.88. The molecule has 5 nitrogen and oxygen atoms in total. The Bertz CT molecular complexity index is 951. The van der Waals surface area contributed by atoms with E-state index < -0.39 is 5.97 Å². The maximum Gasteiger partial charge on any atom is 0.335 e. The topological polar surface area (TPSA) is 67.5 Å². The number of hydrogen-bond acceptors (Lipinski definition) is 3. The normalized spacial score (nSPS) is 10.3. The van der Waals surface area contributed by atoms with Crippen LogP contribution in [-0.2, 0) is 0 Å². The number of carboxylic acids is 1. The van der Waals surface area contributed by atoms with E-state index in [0.29, 0.717) is 27.6 Å². The van der Waals surface area contributed by atoms with Gasteiger partial charge >= 0.3 is 5.97 Å². The van der Waals surface area contributed by atoms with Crippen LogP contribution >= 0.6 is 11.6 Å². The molecule has 3 aromatic rings. The third-order valence-electron chi connectivity index (χ3n) is 3.22. The first-order valence-corrected chi connectivity index (χ1v) is 6.79. The molecular formula is C16H10ClN3O2. The largest absolute Gasteiger partial charge is 0.478 e. The Balaban J connectivity index is 2.07. The zero-order valence-corrected chi connectivity index (χ0v) is 12.3. The van der Waals surface area contributed by atoms with E-state index in [2.05, 4.69) is 21.9 Å². The molecule has 2 aromatic heterocycles. The number of fused-ring (bicyclic) bond motifs is 1. The van der Waals surface area contributed by atoms with Crippen molar-refractivity contribution in [3.8, 4) is 11.8 Å². The molecule has 0 aliphatic rings. The number of carbonyl (C=O) groups is 1. The monoisotopic (exact) mass is 311 g/mol. The van der Waals surface area contributed by atoms with Crippen LogP contribution in [0.1, 0.15) is 27.2 Å². The number of halogens is 1. The Hall–Kier alpha value is -2.84. The van der Waals surface area contributed by atoms with Crippen LogP contribution in [0.2, 0.25) is 5.15 Å². The van der Waals surface area contributed by atoms with Gasteiger partial charge in [-0.25, -0.2) is 14.3 Å². The molecule has 0 saturated heterocycles. The summed E-state index contributed by atoms with van der Waals surface area (Å²) in [6.07, 6.45) is 1.60. The van der Waals surface area contributed by atoms with Crippen molar-refractivity contribution in [1.82, 2.24) is 14.6 Å². The van der Waals surface area contributed by atoms with Gasteiger partial charge in [-0.1, -0.05) is 23.6 Å². The molecule has 0 aliphatic carbocycles. The Morgan fingerprint density at radius 2 is 2.09 bits per heavy atom. The summed E-state index contributed by atoms with van der Waals surface area (Å²) < 4.78 is 1.55. The molecule has 0 radical (unpaired) electrons. The molecule has 1 aromatic carbocycles. The molecule has 22 heavy (non-hydrogen) atoms. The number of rotatable bonds is 1. The number of carboxylic acid groups (broad SMARTS) is 1. The molecule has 3 rings (SSSR count). The maximum atomic E-state index is 11.1. The first-order chi connectivity index (χ1) is 10.6. The highest BCUT2D eigenvalue weighted by Gasteiger charge is 2.08. The summed E-state index contributed by atoms with van der Waals surface area (Å²) >= 11 is 5.87. The lowest BCUT2D eigenvalue weighted by Crippen LogP contribution is -2.01. The van der Waals surface area contributed by atoms with Crippen molar-refractivity contribution >= 4 is 23.2 Å². The van der Waals surface area contributed by atoms with Crippen LogP contribution in [0.5, 0.6) is 0 Å². The van der Waals surface area contributed by atoms with E-state index in [1.807, 2.05) is 0 Å². The van der Waals surface area contributed by atoms with E-state index in [-0.39, 0.29) is 5.56 Å². The molecule has 0 fully saturated rings. The predicted molar refractivity (Wildman–Crippen MR) is 82.1 cm³/mol. The number of benzene rings is 1. The minimum Gasteiger partial charge on any atom is -0.478 e. The number of hydrogen-bond donors (Lipinski definition) is 1. The van der Waals surface area contributed by atoms with Gasteiger partial charge in [-0.2, -0.15) is 5.10 Å². The SMILES string of the molecule is Cc1c(C#Cc2cnc3ccc(Cl)nn23)cccc1C(=O)O. The van der Waals surface area contributed by atoms with E-state index in [4.69, 9.17) is 16.7 Å². The van der Waals surface area contributed by atoms with Gasteiger partial charge in [0.1, 0.15) is 10.8 Å². The number of imidazole rings is 1. The van der Waals surface area contributed by atoms with Crippen molar-refractivity contribution in [2.24, 2.45) is 0 Å². The van der Waals surface area contributed by atoms with Crippen molar-refractivity contribution in [1.29, 1.82) is 0 Å². The number of nitrogens with zero attached hydrogens (tertiary/aromatic N) is 3. The summed E-state index contributed by atoms with van der Waals surface area (Å²) in [5, 5.41) is 13.6. The fourth-order valence-electron chi connectivity index (χ4n) is 2.07. The zero-order valence-electron chi connectivity index (χ0n) is 11.5. The molecule has 0 saturated carbocycles. The Morgan fingerprint density at radius 1 is 1.27 bits per heavy atom. The fourth-order valence-corrected chi connectivity index (χ4v) is 2.21. The summed E-state index contributed by atoms with van der Waals surface area (Å²) in [6.45, 7) is 1.73. The third kappa shape index (κ3) is 2.52. The van der Waals surface area contributed by atoms with Gasteiger partial charge in [-0.3, -0.25) is 0 Å². The molecule has 0 atom stereocenters. The highest BCUT2D eigenvalue weighted by molar-refractivity contribution is 6.29. The average molecular weight is 312 g/mol. The van der Waals surface area contributed by atoms with Gasteiger partial charge in [-0.15, -0.1) is 0 Å². The van der Waals surface area contributed by atoms with Crippen molar-refractivity contribution in [2.45, 2.75) is 6.92 Å². The second kappa shape index (κ2) is 5.51. The minimum atomic E-state index is -0.968. The first-order valence-electron chi connectivity index (χ1n) is 6.41. The Morgan fingerprint density at radius 3 is 2.86 bits per heavy atom. The molecule has 6 heteroatoms. The van der Waals surface area contributed by atoms with Crippen LogP contribution in [0.3, 0.4) is 0 Å². The molecule has 108 valence electrons. The third-order valence-corrected chi connectivity index (χ3v) is 3.42. The molecule has 0 aliphatic heterocycles. The molecule has 0 amide bonds. The second-order valence-corrected chi connectivity index (χ2v) is 4.99. The van der Waals surface area contributed by atoms with Gasteiger partial charge in [-0.05, 0) is 42.7 Å². The summed E-state index contributed by atoms with van der Waals surface area (Å²) in [5.74, 6) is 4.95. The predicted octanol–water partition coefficient (Wildman–Crippen LogP) is 2.79. The molecular weight excluding hydrogens is 302 g/mol. The van der Waals surface area contributed by atoms with E-state index in [0.717, 1.165) is 0 Å². The lowest BCUT2D eigenvalue weighted by atomic mass is 10.0. The van der Waals surface area contributed by atoms with Crippen LogP contribution < -0.4 is 0 Å². The van der Waals surface area contributed by atoms with Crippen LogP contribution in [0.15, 0.2) is 36.5 Å². The second-order valence-electron chi connectivity index (χ2n) is 4.60. The molecule has 0 bridgehead atoms. The quantitative estimate of drug-likeness (QED) is 0.702. The number of aromatic carboxylic acids is 1. The summed E-state index contributed by atoms with van der Waals surface area (Å²) in [6, 6.07) is 8.40. The Kier molecular flexibility index (Phi) is 3.53. The van der Waals surface area contributed by atoms with Crippen LogP contribution in [0, 0.1) is 18.8 Å². The van der Waals surface area contributed by atoms with E-state index in [1.54, 1.807) is 48.0 Å². The summed E-state index contributed by atoms with van der Waals surface area (Å²) in [5.41, 5.74) is 2.74. The molecule has 0 unspecified atom stereocenters. The van der Waals surface area contributed by atoms with E-state index in [1.165, 1.54) is 0 Å². The summed E-state index contributed by atoms with van der Waals surface area (Å²) in [7, 11) is 0. The van der Waals surface area contributed by atoms with Crippen molar-refractivity contribution in [2.75, 3.05) is 0 Å². The van der Waals surface area contributed by atoms with Gasteiger partial charge in [0.05, 0.1) is 11.8 Å². The fraction of sp³-hybridized carbons (Fsp3) is 0.0625. The highest BCUT2D eigenvalue weighted by atomic mass is 35.5. The Labute approximate surface area is 131 Å². The highest BCUT2D eigenvalue weighted by Crippen LogP contribution is 2.13. The van der Waals surface area contributed by atoms with Crippen LogP contribution in [-0.4, -0.2) is 25.7 Å². The maximum absolute atomic E-state index is 11.1. The summed E-state index contributed by atoms with van der Waals surface area (Å²) in [4.78, 5) is 15.3. The number of aromatic nitrogens is 3.